The zero-order valence-corrected chi connectivity index (χ0v) is 14.1. The minimum atomic E-state index is 0.550. The summed E-state index contributed by atoms with van der Waals surface area (Å²) in [6.07, 6.45) is 9.01. The fourth-order valence-corrected chi connectivity index (χ4v) is 3.35. The number of aryl methyl sites for hydroxylation is 2. The molecule has 118 valence electrons. The van der Waals surface area contributed by atoms with Gasteiger partial charge in [-0.25, -0.2) is 0 Å². The summed E-state index contributed by atoms with van der Waals surface area (Å²) in [4.78, 5) is 2.46. The maximum atomic E-state index is 3.50. The van der Waals surface area contributed by atoms with Crippen LogP contribution in [0, 0.1) is 0 Å². The Morgan fingerprint density at radius 1 is 1.19 bits per heavy atom. The molecule has 0 spiro atoms. The summed E-state index contributed by atoms with van der Waals surface area (Å²) >= 11 is 0. The van der Waals surface area contributed by atoms with Gasteiger partial charge in [0.25, 0.3) is 0 Å². The van der Waals surface area contributed by atoms with Crippen LogP contribution in [0.3, 0.4) is 0 Å². The lowest BCUT2D eigenvalue weighted by Gasteiger charge is -2.24. The van der Waals surface area contributed by atoms with Crippen molar-refractivity contribution in [3.63, 3.8) is 0 Å². The molecule has 21 heavy (non-hydrogen) atoms. The van der Waals surface area contributed by atoms with E-state index < -0.39 is 0 Å². The van der Waals surface area contributed by atoms with Crippen molar-refractivity contribution in [3.05, 3.63) is 34.9 Å². The maximum Gasteiger partial charge on any atom is 0.0232 e. The molecule has 2 nitrogen and oxygen atoms in total. The molecule has 1 aromatic rings. The normalized spacial score (nSPS) is 16.0. The minimum Gasteiger partial charge on any atom is -0.315 e. The average Bonchev–Trinajstić information content (AvgIpc) is 2.52. The van der Waals surface area contributed by atoms with Gasteiger partial charge in [-0.2, -0.15) is 0 Å². The van der Waals surface area contributed by atoms with Crippen molar-refractivity contribution in [2.24, 2.45) is 0 Å². The highest BCUT2D eigenvalue weighted by molar-refractivity contribution is 5.34. The van der Waals surface area contributed by atoms with E-state index in [2.05, 4.69) is 49.4 Å². The number of benzene rings is 1. The van der Waals surface area contributed by atoms with Crippen molar-refractivity contribution in [3.8, 4) is 0 Å². The summed E-state index contributed by atoms with van der Waals surface area (Å²) in [7, 11) is 4.34. The first-order valence-electron chi connectivity index (χ1n) is 8.69. The molecular formula is C19H32N2. The molecule has 1 unspecified atom stereocenters. The lowest BCUT2D eigenvalue weighted by molar-refractivity contribution is 0.289. The number of rotatable bonds is 8. The van der Waals surface area contributed by atoms with E-state index in [4.69, 9.17) is 0 Å². The summed E-state index contributed by atoms with van der Waals surface area (Å²) in [5.41, 5.74) is 4.69. The monoisotopic (exact) mass is 288 g/mol. The standard InChI is InChI=1S/C19H32N2/c1-4-5-12-21(3)15-19(20-2)14-16-10-11-17-8-6-7-9-18(17)13-16/h10-11,13,19-20H,4-9,12,14-15H2,1-3H3. The van der Waals surface area contributed by atoms with Crippen molar-refractivity contribution >= 4 is 0 Å². The zero-order chi connectivity index (χ0) is 15.1. The van der Waals surface area contributed by atoms with Gasteiger partial charge < -0.3 is 10.2 Å². The molecule has 1 aliphatic carbocycles. The fourth-order valence-electron chi connectivity index (χ4n) is 3.35. The highest BCUT2D eigenvalue weighted by atomic mass is 15.1. The first-order chi connectivity index (χ1) is 10.2. The van der Waals surface area contributed by atoms with Crippen molar-refractivity contribution in [2.75, 3.05) is 27.2 Å². The molecule has 0 fully saturated rings. The molecule has 2 heteroatoms. The Hall–Kier alpha value is -0.860. The number of hydrogen-bond donors (Lipinski definition) is 1. The number of unbranched alkanes of at least 4 members (excludes halogenated alkanes) is 1. The van der Waals surface area contributed by atoms with Gasteiger partial charge in [-0.05, 0) is 75.9 Å². The molecule has 1 aromatic carbocycles. The first kappa shape index (κ1) is 16.5. The van der Waals surface area contributed by atoms with Gasteiger partial charge in [-0.1, -0.05) is 31.5 Å². The topological polar surface area (TPSA) is 15.3 Å². The van der Waals surface area contributed by atoms with E-state index in [0.29, 0.717) is 6.04 Å². The summed E-state index contributed by atoms with van der Waals surface area (Å²) in [6, 6.07) is 7.73. The van der Waals surface area contributed by atoms with E-state index in [-0.39, 0.29) is 0 Å². The van der Waals surface area contributed by atoms with Gasteiger partial charge in [0, 0.05) is 12.6 Å². The largest absolute Gasteiger partial charge is 0.315 e. The summed E-state index contributed by atoms with van der Waals surface area (Å²) in [5, 5.41) is 3.50. The molecule has 0 radical (unpaired) electrons. The first-order valence-corrected chi connectivity index (χ1v) is 8.69. The quantitative estimate of drug-likeness (QED) is 0.788. The van der Waals surface area contributed by atoms with Crippen LogP contribution in [0.25, 0.3) is 0 Å². The van der Waals surface area contributed by atoms with Crippen LogP contribution in [0.2, 0.25) is 0 Å². The third-order valence-corrected chi connectivity index (χ3v) is 4.73. The molecule has 0 saturated heterocycles. The smallest absolute Gasteiger partial charge is 0.0232 e. The molecule has 0 aromatic heterocycles. The molecule has 0 bridgehead atoms. The molecule has 0 aliphatic heterocycles. The van der Waals surface area contributed by atoms with Crippen molar-refractivity contribution in [1.82, 2.24) is 10.2 Å². The van der Waals surface area contributed by atoms with Crippen LogP contribution >= 0.6 is 0 Å². The minimum absolute atomic E-state index is 0.550. The van der Waals surface area contributed by atoms with E-state index in [1.165, 1.54) is 50.6 Å². The van der Waals surface area contributed by atoms with Gasteiger partial charge in [0.05, 0.1) is 0 Å². The van der Waals surface area contributed by atoms with E-state index in [1.807, 2.05) is 0 Å². The number of likely N-dealkylation sites (N-methyl/N-ethyl adjacent to an activating group) is 2. The van der Waals surface area contributed by atoms with E-state index >= 15 is 0 Å². The molecule has 2 rings (SSSR count). The number of nitrogens with zero attached hydrogens (tertiary/aromatic N) is 1. The zero-order valence-electron chi connectivity index (χ0n) is 14.1. The van der Waals surface area contributed by atoms with Crippen LogP contribution in [-0.2, 0) is 19.3 Å². The van der Waals surface area contributed by atoms with Crippen LogP contribution in [0.5, 0.6) is 0 Å². The van der Waals surface area contributed by atoms with Gasteiger partial charge in [0.1, 0.15) is 0 Å². The average molecular weight is 288 g/mol. The maximum absolute atomic E-state index is 3.50. The van der Waals surface area contributed by atoms with Gasteiger partial charge in [0.2, 0.25) is 0 Å². The molecule has 0 saturated carbocycles. The fraction of sp³-hybridized carbons (Fsp3) is 0.684. The second-order valence-corrected chi connectivity index (χ2v) is 6.62. The van der Waals surface area contributed by atoms with Crippen LogP contribution < -0.4 is 5.32 Å². The Morgan fingerprint density at radius 3 is 2.67 bits per heavy atom. The Bertz CT molecular complexity index is 428. The Morgan fingerprint density at radius 2 is 1.95 bits per heavy atom. The lowest BCUT2D eigenvalue weighted by atomic mass is 9.89. The Kier molecular flexibility index (Phi) is 6.72. The Balaban J connectivity index is 1.91. The van der Waals surface area contributed by atoms with Gasteiger partial charge in [-0.15, -0.1) is 0 Å². The third kappa shape index (κ3) is 5.12. The van der Waals surface area contributed by atoms with Crippen molar-refractivity contribution in [1.29, 1.82) is 0 Å². The van der Waals surface area contributed by atoms with E-state index in [9.17, 15) is 0 Å². The molecule has 0 amide bonds. The van der Waals surface area contributed by atoms with Crippen LogP contribution in [0.1, 0.15) is 49.3 Å². The lowest BCUT2D eigenvalue weighted by Crippen LogP contribution is -2.39. The molecule has 1 aliphatic rings. The SMILES string of the molecule is CCCCN(C)CC(Cc1ccc2c(c1)CCCC2)NC. The molecule has 1 atom stereocenters. The highest BCUT2D eigenvalue weighted by Gasteiger charge is 2.13. The predicted octanol–water partition coefficient (Wildman–Crippen LogP) is 3.43. The second kappa shape index (κ2) is 8.55. The number of nitrogens with one attached hydrogen (secondary N) is 1. The summed E-state index contributed by atoms with van der Waals surface area (Å²) < 4.78 is 0. The van der Waals surface area contributed by atoms with Gasteiger partial charge in [0.15, 0.2) is 0 Å². The Labute approximate surface area is 130 Å². The highest BCUT2D eigenvalue weighted by Crippen LogP contribution is 2.22. The predicted molar refractivity (Wildman–Crippen MR) is 92.0 cm³/mol. The van der Waals surface area contributed by atoms with Gasteiger partial charge >= 0.3 is 0 Å². The van der Waals surface area contributed by atoms with E-state index in [0.717, 1.165) is 13.0 Å². The van der Waals surface area contributed by atoms with Gasteiger partial charge in [-0.3, -0.25) is 0 Å². The van der Waals surface area contributed by atoms with Crippen molar-refractivity contribution < 1.29 is 0 Å². The number of hydrogen-bond acceptors (Lipinski definition) is 2. The second-order valence-electron chi connectivity index (χ2n) is 6.62. The molecular weight excluding hydrogens is 256 g/mol. The summed E-state index contributed by atoms with van der Waals surface area (Å²) in [6.45, 7) is 4.60. The van der Waals surface area contributed by atoms with Crippen molar-refractivity contribution in [2.45, 2.75) is 57.9 Å². The van der Waals surface area contributed by atoms with E-state index in [1.54, 1.807) is 11.1 Å². The number of fused-ring (bicyclic) bond motifs is 1. The third-order valence-electron chi connectivity index (χ3n) is 4.73. The molecule has 1 N–H and O–H groups in total. The summed E-state index contributed by atoms with van der Waals surface area (Å²) in [5.74, 6) is 0. The van der Waals surface area contributed by atoms with Crippen LogP contribution in [0.4, 0.5) is 0 Å². The molecule has 0 heterocycles. The van der Waals surface area contributed by atoms with Crippen LogP contribution in [-0.4, -0.2) is 38.1 Å². The van der Waals surface area contributed by atoms with Crippen LogP contribution in [0.15, 0.2) is 18.2 Å².